The van der Waals surface area contributed by atoms with Gasteiger partial charge in [-0.2, -0.15) is 20.4 Å². The monoisotopic (exact) mass is 688 g/mol. The third kappa shape index (κ3) is 8.52. The van der Waals surface area contributed by atoms with E-state index in [0.717, 1.165) is 61.2 Å². The van der Waals surface area contributed by atoms with Gasteiger partial charge in [-0.05, 0) is 95.6 Å². The summed E-state index contributed by atoms with van der Waals surface area (Å²) in [5.74, 6) is -0.228. The van der Waals surface area contributed by atoms with Gasteiger partial charge in [-0.3, -0.25) is 14.6 Å². The van der Waals surface area contributed by atoms with Crippen LogP contribution < -0.4 is 21.4 Å². The molecule has 13 nitrogen and oxygen atoms in total. The van der Waals surface area contributed by atoms with Gasteiger partial charge >= 0.3 is 0 Å². The van der Waals surface area contributed by atoms with Gasteiger partial charge in [0.15, 0.2) is 11.6 Å². The lowest BCUT2D eigenvalue weighted by Gasteiger charge is -2.17. The van der Waals surface area contributed by atoms with Crippen LogP contribution in [0.2, 0.25) is 0 Å². The highest BCUT2D eigenvalue weighted by Crippen LogP contribution is 2.36. The van der Waals surface area contributed by atoms with Crippen molar-refractivity contribution in [3.05, 3.63) is 107 Å². The zero-order chi connectivity index (χ0) is 35.9. The van der Waals surface area contributed by atoms with Crippen LogP contribution >= 0.6 is 0 Å². The summed E-state index contributed by atoms with van der Waals surface area (Å²) < 4.78 is 0. The van der Waals surface area contributed by atoms with Crippen molar-refractivity contribution in [1.29, 1.82) is 0 Å². The van der Waals surface area contributed by atoms with Crippen molar-refractivity contribution < 1.29 is 14.8 Å². The fourth-order valence-electron chi connectivity index (χ4n) is 6.11. The molecule has 0 saturated heterocycles. The van der Waals surface area contributed by atoms with Crippen molar-refractivity contribution in [2.24, 2.45) is 0 Å². The van der Waals surface area contributed by atoms with E-state index < -0.39 is 12.0 Å². The number of nitrogens with zero attached hydrogens (tertiary/aromatic N) is 6. The maximum Gasteiger partial charge on any atom is 0.233 e. The molecule has 0 bridgehead atoms. The molecule has 1 aliphatic carbocycles. The summed E-state index contributed by atoms with van der Waals surface area (Å²) in [7, 11) is 8.17. The molecule has 51 heavy (non-hydrogen) atoms. The van der Waals surface area contributed by atoms with E-state index >= 15 is 0 Å². The van der Waals surface area contributed by atoms with E-state index in [4.69, 9.17) is 0 Å². The molecule has 0 amide bonds. The molecular weight excluding hydrogens is 644 g/mol. The third-order valence-corrected chi connectivity index (χ3v) is 8.74. The topological polar surface area (TPSA) is 161 Å². The van der Waals surface area contributed by atoms with Crippen molar-refractivity contribution in [2.45, 2.75) is 24.8 Å². The summed E-state index contributed by atoms with van der Waals surface area (Å²) >= 11 is 0. The summed E-state index contributed by atoms with van der Waals surface area (Å²) in [5.41, 5.74) is 6.33. The number of rotatable bonds is 16. The Kier molecular flexibility index (Phi) is 11.2. The molecular formula is C38H44N10O3. The summed E-state index contributed by atoms with van der Waals surface area (Å²) in [6, 6.07) is 23.1. The molecule has 6 rings (SSSR count). The summed E-state index contributed by atoms with van der Waals surface area (Å²) in [6.45, 7) is 3.32. The highest BCUT2D eigenvalue weighted by atomic mass is 16.5. The van der Waals surface area contributed by atoms with E-state index in [1.54, 1.807) is 24.3 Å². The second-order valence-corrected chi connectivity index (χ2v) is 13.2. The number of pyridine rings is 1. The number of hydrogen-bond donors (Lipinski definition) is 5. The molecule has 0 aliphatic heterocycles. The van der Waals surface area contributed by atoms with Gasteiger partial charge in [-0.25, -0.2) is 0 Å². The molecule has 2 atom stereocenters. The lowest BCUT2D eigenvalue weighted by atomic mass is 9.95. The number of hydroxylamine groups is 1. The quantitative estimate of drug-likeness (QED) is 0.0528. The average molecular weight is 689 g/mol. The van der Waals surface area contributed by atoms with Crippen LogP contribution in [0.4, 0.5) is 23.5 Å². The van der Waals surface area contributed by atoms with Crippen LogP contribution in [0.15, 0.2) is 78.9 Å². The van der Waals surface area contributed by atoms with E-state index in [1.165, 1.54) is 0 Å². The fourth-order valence-corrected chi connectivity index (χ4v) is 6.11. The first-order valence-corrected chi connectivity index (χ1v) is 17.1. The number of anilines is 4. The van der Waals surface area contributed by atoms with Crippen LogP contribution in [0.5, 0.6) is 0 Å². The summed E-state index contributed by atoms with van der Waals surface area (Å²) in [6.07, 6.45) is 1.87. The van der Waals surface area contributed by atoms with Crippen LogP contribution in [0, 0.1) is 0 Å². The third-order valence-electron chi connectivity index (χ3n) is 8.74. The number of para-hydroxylation sites is 1. The van der Waals surface area contributed by atoms with Crippen LogP contribution in [-0.2, 0) is 0 Å². The molecule has 264 valence electrons. The Morgan fingerprint density at radius 3 is 1.94 bits per heavy atom. The van der Waals surface area contributed by atoms with Crippen LogP contribution in [0.1, 0.15) is 62.3 Å². The zero-order valence-corrected chi connectivity index (χ0v) is 29.3. The van der Waals surface area contributed by atoms with Crippen LogP contribution in [0.3, 0.4) is 0 Å². The number of fused-ring (bicyclic) bond motifs is 2. The van der Waals surface area contributed by atoms with Crippen LogP contribution in [-0.4, -0.2) is 101 Å². The van der Waals surface area contributed by atoms with Gasteiger partial charge in [0.1, 0.15) is 5.92 Å². The number of nitrogens with one attached hydrogen (secondary N) is 4. The number of benzene rings is 3. The van der Waals surface area contributed by atoms with E-state index in [0.29, 0.717) is 40.2 Å². The highest BCUT2D eigenvalue weighted by molar-refractivity contribution is 6.29. The molecule has 2 aromatic heterocycles. The molecule has 2 heterocycles. The van der Waals surface area contributed by atoms with Crippen molar-refractivity contribution in [2.75, 3.05) is 70.3 Å². The minimum Gasteiger partial charge on any atom is -0.354 e. The number of Topliss-reactive ketones (excluding diaryl/α,β-unsaturated/α-hetero) is 2. The van der Waals surface area contributed by atoms with Gasteiger partial charge in [0.25, 0.3) is 0 Å². The predicted molar refractivity (Wildman–Crippen MR) is 199 cm³/mol. The molecule has 3 aromatic carbocycles. The van der Waals surface area contributed by atoms with Crippen molar-refractivity contribution >= 4 is 46.0 Å². The Labute approximate surface area is 297 Å². The second-order valence-electron chi connectivity index (χ2n) is 13.2. The first-order chi connectivity index (χ1) is 24.7. The smallest absolute Gasteiger partial charge is 0.233 e. The second kappa shape index (κ2) is 16.1. The molecule has 0 saturated carbocycles. The average Bonchev–Trinajstić information content (AvgIpc) is 3.37. The molecule has 0 fully saturated rings. The predicted octanol–water partition coefficient (Wildman–Crippen LogP) is 5.12. The lowest BCUT2D eigenvalue weighted by molar-refractivity contribution is 0.0888. The molecule has 0 radical (unpaired) electrons. The first kappa shape index (κ1) is 35.5. The zero-order valence-electron chi connectivity index (χ0n) is 29.3. The SMILES string of the molecule is CN(C)CCCNc1nc(NCCCN(C)C)nc(Nc2ccc(C(NO)c3ccc4c(c3)C(=O)C(c3ccc5ccccc5n3)C4=O)cc2)n1. The van der Waals surface area contributed by atoms with Crippen molar-refractivity contribution in [3.8, 4) is 0 Å². The summed E-state index contributed by atoms with van der Waals surface area (Å²) in [5, 5.41) is 21.1. The van der Waals surface area contributed by atoms with E-state index in [1.807, 2.05) is 82.8 Å². The maximum absolute atomic E-state index is 13.6. The molecule has 1 aliphatic rings. The standard InChI is InChI=1S/C38H44N10O3/c1-47(2)21-7-19-39-36-43-37(40-20-8-22-48(3)4)45-38(44-36)41-27-15-11-25(12-16-27)33(46-51)26-13-17-28-29(23-26)35(50)32(34(28)49)31-18-14-24-9-5-6-10-30(24)42-31/h5-6,9-18,23,32-33,46,51H,7-8,19-22H2,1-4H3,(H3,39,40,41,43,44,45). The van der Waals surface area contributed by atoms with E-state index in [9.17, 15) is 14.8 Å². The highest BCUT2D eigenvalue weighted by Gasteiger charge is 2.41. The van der Waals surface area contributed by atoms with Gasteiger partial charge in [0, 0.05) is 35.3 Å². The molecule has 5 aromatic rings. The normalized spacial score (nSPS) is 14.7. The number of carbonyl (C=O) groups is 2. The van der Waals surface area contributed by atoms with Gasteiger partial charge in [0.2, 0.25) is 17.8 Å². The van der Waals surface area contributed by atoms with Crippen molar-refractivity contribution in [1.82, 2.24) is 35.2 Å². The fraction of sp³-hybridized carbons (Fsp3) is 0.316. The number of ketones is 2. The number of aromatic nitrogens is 4. The van der Waals surface area contributed by atoms with Gasteiger partial charge in [-0.15, -0.1) is 0 Å². The Balaban J connectivity index is 1.17. The van der Waals surface area contributed by atoms with Gasteiger partial charge in [-0.1, -0.05) is 48.5 Å². The number of carbonyl (C=O) groups excluding carboxylic acids is 2. The Bertz CT molecular complexity index is 1970. The van der Waals surface area contributed by atoms with E-state index in [2.05, 4.69) is 51.2 Å². The van der Waals surface area contributed by atoms with Crippen molar-refractivity contribution in [3.63, 3.8) is 0 Å². The minimum absolute atomic E-state index is 0.273. The van der Waals surface area contributed by atoms with Gasteiger partial charge < -0.3 is 31.0 Å². The Hall–Kier alpha value is -5.34. The first-order valence-electron chi connectivity index (χ1n) is 17.1. The lowest BCUT2D eigenvalue weighted by Crippen LogP contribution is -2.19. The molecule has 0 spiro atoms. The molecule has 2 unspecified atom stereocenters. The largest absolute Gasteiger partial charge is 0.354 e. The Morgan fingerprint density at radius 1 is 0.686 bits per heavy atom. The minimum atomic E-state index is -0.997. The molecule has 13 heteroatoms. The van der Waals surface area contributed by atoms with Crippen LogP contribution in [0.25, 0.3) is 10.9 Å². The molecule has 5 N–H and O–H groups in total. The van der Waals surface area contributed by atoms with Gasteiger partial charge in [0.05, 0.1) is 17.3 Å². The maximum atomic E-state index is 13.6. The summed E-state index contributed by atoms with van der Waals surface area (Å²) in [4.78, 5) is 49.7. The van der Waals surface area contributed by atoms with E-state index in [-0.39, 0.29) is 11.6 Å². The Morgan fingerprint density at radius 2 is 1.29 bits per heavy atom. The number of hydrogen-bond acceptors (Lipinski definition) is 13.